The van der Waals surface area contributed by atoms with Crippen molar-refractivity contribution in [1.82, 2.24) is 4.90 Å². The van der Waals surface area contributed by atoms with Crippen LogP contribution in [0.25, 0.3) is 0 Å². The summed E-state index contributed by atoms with van der Waals surface area (Å²) >= 11 is 6.32. The van der Waals surface area contributed by atoms with E-state index >= 15 is 0 Å². The average molecular weight is 575 g/mol. The minimum Gasteiger partial charge on any atom is -0.496 e. The fraction of sp³-hybridized carbons (Fsp3) is 0.353. The second-order valence-electron chi connectivity index (χ2n) is 11.2. The van der Waals surface area contributed by atoms with Gasteiger partial charge in [0.2, 0.25) is 0 Å². The molecule has 2 bridgehead atoms. The summed E-state index contributed by atoms with van der Waals surface area (Å²) in [5.41, 5.74) is 2.99. The third-order valence-electron chi connectivity index (χ3n) is 9.13. The number of ether oxygens (including phenoxy) is 1. The Labute approximate surface area is 253 Å². The van der Waals surface area contributed by atoms with Crippen molar-refractivity contribution >= 4 is 34.4 Å². The number of aryl methyl sites for hydroxylation is 2. The molecule has 0 N–H and O–H groups in total. The number of hydrogen-bond acceptors (Lipinski definition) is 7. The predicted molar refractivity (Wildman–Crippen MR) is 170 cm³/mol. The molecular weight excluding hydrogens is 540 g/mol. The third-order valence-corrected chi connectivity index (χ3v) is 9.71. The van der Waals surface area contributed by atoms with Gasteiger partial charge in [0.05, 0.1) is 25.9 Å². The summed E-state index contributed by atoms with van der Waals surface area (Å²) in [6.45, 7) is 5.85. The van der Waals surface area contributed by atoms with Crippen LogP contribution in [0.1, 0.15) is 36.5 Å². The Morgan fingerprint density at radius 3 is 2.05 bits per heavy atom. The number of amidine groups is 1. The number of thiocarbonyl (C=S) groups is 1. The van der Waals surface area contributed by atoms with E-state index in [1.165, 1.54) is 11.1 Å². The summed E-state index contributed by atoms with van der Waals surface area (Å²) in [5, 5.41) is 22.5. The summed E-state index contributed by atoms with van der Waals surface area (Å²) in [6.07, 6.45) is 1.73. The van der Waals surface area contributed by atoms with E-state index in [0.717, 1.165) is 29.8 Å². The normalized spacial score (nSPS) is 24.8. The second-order valence-corrected chi connectivity index (χ2v) is 11.6. The smallest absolute Gasteiger partial charge is 0.141 e. The zero-order chi connectivity index (χ0) is 29.5. The number of nitriles is 2. The lowest BCUT2D eigenvalue weighted by molar-refractivity contribution is 0.202. The number of piperidine rings is 2. The Balaban J connectivity index is 1.58. The maximum Gasteiger partial charge on any atom is 0.141 e. The van der Waals surface area contributed by atoms with Gasteiger partial charge in [0.15, 0.2) is 0 Å². The standard InChI is InChI=1S/C34H34N6OS/c1-4-24-12-6-9-15-27(24)38-20-33(18-35)30(26-14-8-11-17-29(26)41-3)34(19-36,21-38)32(42)40-23-39(22-37-31(33)40)28-16-10-7-13-25(28)5-2/h6-17,30H,4-5,20-23H2,1-3H3/t30-,33+,34+/m1/s1. The molecule has 212 valence electrons. The summed E-state index contributed by atoms with van der Waals surface area (Å²) in [4.78, 5) is 12.0. The molecule has 3 aromatic carbocycles. The number of aliphatic imine (C=N–C) groups is 1. The molecule has 7 nitrogen and oxygen atoms in total. The predicted octanol–water partition coefficient (Wildman–Crippen LogP) is 5.92. The molecule has 0 unspecified atom stereocenters. The molecule has 0 aromatic heterocycles. The monoisotopic (exact) mass is 574 g/mol. The van der Waals surface area contributed by atoms with Crippen molar-refractivity contribution in [2.75, 3.05) is 43.3 Å². The summed E-state index contributed by atoms with van der Waals surface area (Å²) in [5.74, 6) is 0.731. The van der Waals surface area contributed by atoms with E-state index in [0.29, 0.717) is 43.0 Å². The van der Waals surface area contributed by atoms with E-state index in [4.69, 9.17) is 21.9 Å². The summed E-state index contributed by atoms with van der Waals surface area (Å²) < 4.78 is 5.83. The van der Waals surface area contributed by atoms with E-state index in [2.05, 4.69) is 60.1 Å². The highest BCUT2D eigenvalue weighted by molar-refractivity contribution is 7.80. The molecule has 0 spiro atoms. The maximum atomic E-state index is 11.3. The molecule has 0 amide bonds. The number of rotatable bonds is 6. The van der Waals surface area contributed by atoms with Crippen molar-refractivity contribution in [1.29, 1.82) is 10.5 Å². The van der Waals surface area contributed by atoms with Crippen molar-refractivity contribution in [2.45, 2.75) is 32.6 Å². The number of methoxy groups -OCH3 is 1. The zero-order valence-corrected chi connectivity index (χ0v) is 25.1. The van der Waals surface area contributed by atoms with Crippen molar-refractivity contribution in [3.63, 3.8) is 0 Å². The molecule has 42 heavy (non-hydrogen) atoms. The van der Waals surface area contributed by atoms with Crippen LogP contribution in [0.3, 0.4) is 0 Å². The minimum atomic E-state index is -1.19. The van der Waals surface area contributed by atoms with Gasteiger partial charge in [-0.15, -0.1) is 0 Å². The molecule has 3 atom stereocenters. The number of benzene rings is 3. The van der Waals surface area contributed by atoms with Crippen LogP contribution in [-0.2, 0) is 12.8 Å². The third kappa shape index (κ3) is 3.97. The SMILES string of the molecule is CCc1ccccc1N1CN=C2N(C1)C(=S)[C@@]1(C#N)CN(c3ccccc3CC)C[C@@]2(C#N)[C@H]1c1ccccc1OC. The van der Waals surface area contributed by atoms with Crippen LogP contribution in [0.5, 0.6) is 5.75 Å². The van der Waals surface area contributed by atoms with Crippen LogP contribution in [0.15, 0.2) is 77.8 Å². The largest absolute Gasteiger partial charge is 0.496 e. The molecule has 3 aromatic rings. The molecule has 0 radical (unpaired) electrons. The molecule has 0 saturated carbocycles. The van der Waals surface area contributed by atoms with Crippen molar-refractivity contribution < 1.29 is 4.74 Å². The Hall–Kier alpha value is -4.40. The molecular formula is C34H34N6OS. The van der Waals surface area contributed by atoms with Gasteiger partial charge < -0.3 is 19.4 Å². The highest BCUT2D eigenvalue weighted by Gasteiger charge is 2.69. The Bertz CT molecular complexity index is 1660. The van der Waals surface area contributed by atoms with Gasteiger partial charge in [0.1, 0.15) is 34.1 Å². The van der Waals surface area contributed by atoms with Gasteiger partial charge in [0.25, 0.3) is 0 Å². The maximum absolute atomic E-state index is 11.3. The first-order valence-corrected chi connectivity index (χ1v) is 14.9. The molecule has 8 heteroatoms. The summed E-state index contributed by atoms with van der Waals surface area (Å²) in [7, 11) is 1.63. The summed E-state index contributed by atoms with van der Waals surface area (Å²) in [6, 6.07) is 29.7. The van der Waals surface area contributed by atoms with E-state index in [9.17, 15) is 10.5 Å². The lowest BCUT2D eigenvalue weighted by Gasteiger charge is -2.61. The first kappa shape index (κ1) is 27.8. The van der Waals surface area contributed by atoms with E-state index in [-0.39, 0.29) is 0 Å². The lowest BCUT2D eigenvalue weighted by Crippen LogP contribution is -2.73. The quantitative estimate of drug-likeness (QED) is 0.338. The van der Waals surface area contributed by atoms with Gasteiger partial charge in [-0.2, -0.15) is 10.5 Å². The highest BCUT2D eigenvalue weighted by atomic mass is 32.1. The van der Waals surface area contributed by atoms with Gasteiger partial charge in [0, 0.05) is 35.9 Å². The topological polar surface area (TPSA) is 78.9 Å². The zero-order valence-electron chi connectivity index (χ0n) is 24.2. The van der Waals surface area contributed by atoms with Crippen molar-refractivity contribution in [3.8, 4) is 17.9 Å². The van der Waals surface area contributed by atoms with Gasteiger partial charge >= 0.3 is 0 Å². The fourth-order valence-electron chi connectivity index (χ4n) is 7.25. The average Bonchev–Trinajstić information content (AvgIpc) is 3.06. The molecule has 6 rings (SSSR count). The van der Waals surface area contributed by atoms with Gasteiger partial charge in [-0.25, -0.2) is 4.99 Å². The number of para-hydroxylation sites is 3. The molecule has 3 aliphatic heterocycles. The lowest BCUT2D eigenvalue weighted by atomic mass is 9.53. The van der Waals surface area contributed by atoms with Crippen LogP contribution in [0.4, 0.5) is 11.4 Å². The minimum absolute atomic E-state index is 0.362. The first-order chi connectivity index (χ1) is 20.5. The number of hydrogen-bond donors (Lipinski definition) is 0. The van der Waals surface area contributed by atoms with E-state index < -0.39 is 16.7 Å². The van der Waals surface area contributed by atoms with Crippen LogP contribution < -0.4 is 14.5 Å². The highest BCUT2D eigenvalue weighted by Crippen LogP contribution is 2.60. The van der Waals surface area contributed by atoms with Crippen LogP contribution in [0, 0.1) is 33.5 Å². The van der Waals surface area contributed by atoms with E-state index in [1.54, 1.807) is 7.11 Å². The molecule has 3 aliphatic rings. The van der Waals surface area contributed by atoms with E-state index in [1.807, 2.05) is 53.4 Å². The Kier molecular flexibility index (Phi) is 7.12. The van der Waals surface area contributed by atoms with Gasteiger partial charge in [-0.05, 0) is 42.2 Å². The Morgan fingerprint density at radius 1 is 0.857 bits per heavy atom. The van der Waals surface area contributed by atoms with Crippen molar-refractivity contribution in [2.24, 2.45) is 15.8 Å². The Morgan fingerprint density at radius 2 is 1.43 bits per heavy atom. The molecule has 2 saturated heterocycles. The molecule has 0 aliphatic carbocycles. The number of anilines is 2. The van der Waals surface area contributed by atoms with Gasteiger partial charge in [-0.1, -0.05) is 80.7 Å². The van der Waals surface area contributed by atoms with Crippen molar-refractivity contribution in [3.05, 3.63) is 89.5 Å². The second kappa shape index (κ2) is 10.8. The number of fused-ring (bicyclic) bond motifs is 4. The van der Waals surface area contributed by atoms with Crippen LogP contribution in [-0.4, -0.2) is 49.3 Å². The molecule has 2 fully saturated rings. The van der Waals surface area contributed by atoms with Gasteiger partial charge in [-0.3, -0.25) is 0 Å². The first-order valence-electron chi connectivity index (χ1n) is 14.5. The number of nitrogens with zero attached hydrogens (tertiary/aromatic N) is 6. The molecule has 3 heterocycles. The van der Waals surface area contributed by atoms with Crippen LogP contribution >= 0.6 is 12.2 Å². The van der Waals surface area contributed by atoms with Crippen LogP contribution in [0.2, 0.25) is 0 Å². The fourth-order valence-corrected chi connectivity index (χ4v) is 7.62.